The van der Waals surface area contributed by atoms with E-state index in [1.54, 1.807) is 18.2 Å². The highest BCUT2D eigenvalue weighted by atomic mass is 79.9. The second-order valence-corrected chi connectivity index (χ2v) is 9.90. The van der Waals surface area contributed by atoms with Crippen LogP contribution in [0.15, 0.2) is 70.3 Å². The van der Waals surface area contributed by atoms with Crippen LogP contribution < -0.4 is 5.32 Å². The molecule has 9 heteroatoms. The molecular formula is C26H24BrN5O2S. The first-order chi connectivity index (χ1) is 17.0. The van der Waals surface area contributed by atoms with Gasteiger partial charge in [-0.15, -0.1) is 10.2 Å². The highest BCUT2D eigenvalue weighted by Gasteiger charge is 2.18. The van der Waals surface area contributed by atoms with Crippen molar-refractivity contribution >= 4 is 61.1 Å². The lowest BCUT2D eigenvalue weighted by Gasteiger charge is -2.09. The van der Waals surface area contributed by atoms with E-state index in [1.165, 1.54) is 22.7 Å². The van der Waals surface area contributed by atoms with Gasteiger partial charge in [-0.1, -0.05) is 45.9 Å². The fourth-order valence-electron chi connectivity index (χ4n) is 4.37. The second kappa shape index (κ2) is 9.75. The van der Waals surface area contributed by atoms with Crippen molar-refractivity contribution in [3.8, 4) is 17.1 Å². The van der Waals surface area contributed by atoms with E-state index in [0.717, 1.165) is 27.6 Å². The van der Waals surface area contributed by atoms with Crippen LogP contribution in [0.3, 0.4) is 0 Å². The first-order valence-corrected chi connectivity index (χ1v) is 13.1. The number of benzene rings is 3. The van der Waals surface area contributed by atoms with Crippen LogP contribution >= 0.6 is 27.7 Å². The summed E-state index contributed by atoms with van der Waals surface area (Å²) in [5.41, 5.74) is 3.69. The molecule has 3 aromatic carbocycles. The van der Waals surface area contributed by atoms with Crippen molar-refractivity contribution in [2.45, 2.75) is 32.1 Å². The highest BCUT2D eigenvalue weighted by Crippen LogP contribution is 2.33. The first kappa shape index (κ1) is 23.4. The van der Waals surface area contributed by atoms with E-state index in [1.807, 2.05) is 35.8 Å². The highest BCUT2D eigenvalue weighted by molar-refractivity contribution is 9.10. The monoisotopic (exact) mass is 549 g/mol. The molecule has 0 unspecified atom stereocenters. The third-order valence-electron chi connectivity index (χ3n) is 5.94. The Morgan fingerprint density at radius 3 is 2.54 bits per heavy atom. The molecule has 0 radical (unpaired) electrons. The van der Waals surface area contributed by atoms with Crippen molar-refractivity contribution in [2.75, 3.05) is 11.1 Å². The van der Waals surface area contributed by atoms with E-state index < -0.39 is 0 Å². The smallest absolute Gasteiger partial charge is 0.234 e. The Balaban J connectivity index is 1.34. The number of thioether (sulfide) groups is 1. The number of aromatic nitrogens is 4. The second-order valence-electron chi connectivity index (χ2n) is 8.04. The molecule has 0 saturated heterocycles. The van der Waals surface area contributed by atoms with Crippen molar-refractivity contribution in [2.24, 2.45) is 0 Å². The number of nitrogens with zero attached hydrogens (tertiary/aromatic N) is 4. The van der Waals surface area contributed by atoms with E-state index in [9.17, 15) is 9.90 Å². The number of rotatable bonds is 7. The molecule has 2 heterocycles. The standard InChI is InChI=1S/C26H24BrN5O2S/c1-3-31-21-8-6-5-7-18(21)19-14-17(10-11-22(19)31)28-24(34)15-35-26-30-29-25(32(26)4-2)20-13-16(27)9-12-23(20)33/h5-14,33H,3-4,15H2,1-2H3,(H,28,34). The number of fused-ring (bicyclic) bond motifs is 3. The van der Waals surface area contributed by atoms with Gasteiger partial charge in [0, 0.05) is 45.1 Å². The Morgan fingerprint density at radius 1 is 0.971 bits per heavy atom. The van der Waals surface area contributed by atoms with Gasteiger partial charge in [0.25, 0.3) is 0 Å². The summed E-state index contributed by atoms with van der Waals surface area (Å²) in [7, 11) is 0. The van der Waals surface area contributed by atoms with Gasteiger partial charge in [0.1, 0.15) is 5.75 Å². The summed E-state index contributed by atoms with van der Waals surface area (Å²) in [6, 6.07) is 19.6. The largest absolute Gasteiger partial charge is 0.507 e. The molecule has 0 spiro atoms. The summed E-state index contributed by atoms with van der Waals surface area (Å²) in [4.78, 5) is 12.8. The minimum Gasteiger partial charge on any atom is -0.507 e. The third-order valence-corrected chi connectivity index (χ3v) is 7.40. The van der Waals surface area contributed by atoms with Gasteiger partial charge in [-0.3, -0.25) is 4.79 Å². The molecule has 0 atom stereocenters. The fraction of sp³-hybridized carbons (Fsp3) is 0.192. The van der Waals surface area contributed by atoms with Crippen molar-refractivity contribution in [3.05, 3.63) is 65.1 Å². The minimum atomic E-state index is -0.119. The average Bonchev–Trinajstić information content (AvgIpc) is 3.42. The Labute approximate surface area is 215 Å². The predicted molar refractivity (Wildman–Crippen MR) is 145 cm³/mol. The van der Waals surface area contributed by atoms with Crippen LogP contribution in [0.2, 0.25) is 0 Å². The van der Waals surface area contributed by atoms with Crippen LogP contribution in [-0.4, -0.2) is 36.1 Å². The molecule has 5 aromatic rings. The van der Waals surface area contributed by atoms with Crippen molar-refractivity contribution in [1.82, 2.24) is 19.3 Å². The number of aryl methyl sites for hydroxylation is 1. The first-order valence-electron chi connectivity index (χ1n) is 11.4. The zero-order valence-electron chi connectivity index (χ0n) is 19.3. The average molecular weight is 550 g/mol. The third kappa shape index (κ3) is 4.41. The van der Waals surface area contributed by atoms with Gasteiger partial charge >= 0.3 is 0 Å². The van der Waals surface area contributed by atoms with Crippen molar-refractivity contribution in [3.63, 3.8) is 0 Å². The maximum Gasteiger partial charge on any atom is 0.234 e. The zero-order chi connectivity index (χ0) is 24.5. The quantitative estimate of drug-likeness (QED) is 0.233. The number of halogens is 1. The fourth-order valence-corrected chi connectivity index (χ4v) is 5.53. The van der Waals surface area contributed by atoms with E-state index in [4.69, 9.17) is 0 Å². The van der Waals surface area contributed by atoms with Crippen LogP contribution in [0, 0.1) is 0 Å². The van der Waals surface area contributed by atoms with Crippen molar-refractivity contribution < 1.29 is 9.90 Å². The van der Waals surface area contributed by atoms with E-state index in [-0.39, 0.29) is 17.4 Å². The van der Waals surface area contributed by atoms with Crippen LogP contribution in [0.1, 0.15) is 13.8 Å². The predicted octanol–water partition coefficient (Wildman–Crippen LogP) is 6.29. The Hall–Kier alpha value is -3.30. The number of carbonyl (C=O) groups is 1. The maximum atomic E-state index is 12.8. The minimum absolute atomic E-state index is 0.119. The molecule has 35 heavy (non-hydrogen) atoms. The molecule has 2 aromatic heterocycles. The number of phenolic OH excluding ortho intramolecular Hbond substituents is 1. The molecule has 0 aliphatic carbocycles. The van der Waals surface area contributed by atoms with Gasteiger partial charge in [0.15, 0.2) is 11.0 Å². The topological polar surface area (TPSA) is 85.0 Å². The maximum absolute atomic E-state index is 12.8. The van der Waals surface area contributed by atoms with Crippen LogP contribution in [-0.2, 0) is 17.9 Å². The lowest BCUT2D eigenvalue weighted by molar-refractivity contribution is -0.113. The molecule has 1 amide bonds. The van der Waals surface area contributed by atoms with Crippen LogP contribution in [0.5, 0.6) is 5.75 Å². The molecule has 7 nitrogen and oxygen atoms in total. The summed E-state index contributed by atoms with van der Waals surface area (Å²) in [5, 5.41) is 24.8. The van der Waals surface area contributed by atoms with E-state index in [0.29, 0.717) is 23.1 Å². The van der Waals surface area contributed by atoms with Gasteiger partial charge in [-0.2, -0.15) is 0 Å². The molecular weight excluding hydrogens is 526 g/mol. The number of amides is 1. The number of para-hydroxylation sites is 1. The molecule has 0 aliphatic rings. The van der Waals surface area contributed by atoms with Gasteiger partial charge in [0.2, 0.25) is 5.91 Å². The SMILES string of the molecule is CCn1c(SCC(=O)Nc2ccc3c(c2)c2ccccc2n3CC)nnc1-c1cc(Br)ccc1O. The van der Waals surface area contributed by atoms with E-state index >= 15 is 0 Å². The van der Waals surface area contributed by atoms with E-state index in [2.05, 4.69) is 61.1 Å². The zero-order valence-corrected chi connectivity index (χ0v) is 21.7. The molecule has 0 aliphatic heterocycles. The molecule has 0 fully saturated rings. The number of carbonyl (C=O) groups excluding carboxylic acids is 1. The lowest BCUT2D eigenvalue weighted by atomic mass is 10.1. The Kier molecular flexibility index (Phi) is 6.53. The summed E-state index contributed by atoms with van der Waals surface area (Å²) in [6.45, 7) is 5.60. The van der Waals surface area contributed by atoms with Crippen molar-refractivity contribution in [1.29, 1.82) is 0 Å². The number of phenols is 1. The van der Waals surface area contributed by atoms with Gasteiger partial charge < -0.3 is 19.6 Å². The Morgan fingerprint density at radius 2 is 1.74 bits per heavy atom. The number of nitrogens with one attached hydrogen (secondary N) is 1. The summed E-state index contributed by atoms with van der Waals surface area (Å²) in [6.07, 6.45) is 0. The summed E-state index contributed by atoms with van der Waals surface area (Å²) >= 11 is 4.75. The van der Waals surface area contributed by atoms with Crippen LogP contribution in [0.4, 0.5) is 5.69 Å². The van der Waals surface area contributed by atoms with Crippen LogP contribution in [0.25, 0.3) is 33.2 Å². The normalized spacial score (nSPS) is 11.4. The molecule has 2 N–H and O–H groups in total. The Bertz CT molecular complexity index is 1560. The number of anilines is 1. The molecule has 0 bridgehead atoms. The molecule has 0 saturated carbocycles. The molecule has 178 valence electrons. The summed E-state index contributed by atoms with van der Waals surface area (Å²) in [5.74, 6) is 0.764. The van der Waals surface area contributed by atoms with Gasteiger partial charge in [-0.05, 0) is 56.3 Å². The number of aromatic hydroxyl groups is 1. The lowest BCUT2D eigenvalue weighted by Crippen LogP contribution is -2.14. The van der Waals surface area contributed by atoms with Gasteiger partial charge in [-0.25, -0.2) is 0 Å². The summed E-state index contributed by atoms with van der Waals surface area (Å²) < 4.78 is 5.01. The van der Waals surface area contributed by atoms with Gasteiger partial charge in [0.05, 0.1) is 11.3 Å². The number of hydrogen-bond acceptors (Lipinski definition) is 5. The molecule has 5 rings (SSSR count). The number of hydrogen-bond donors (Lipinski definition) is 2.